The third-order valence-corrected chi connectivity index (χ3v) is 4.00. The van der Waals surface area contributed by atoms with Crippen molar-refractivity contribution in [3.63, 3.8) is 0 Å². The Labute approximate surface area is 143 Å². The van der Waals surface area contributed by atoms with E-state index in [4.69, 9.17) is 4.74 Å². The predicted molar refractivity (Wildman–Crippen MR) is 97.5 cm³/mol. The van der Waals surface area contributed by atoms with Crippen molar-refractivity contribution in [3.8, 4) is 11.5 Å². The predicted octanol–water partition coefficient (Wildman–Crippen LogP) is 4.98. The molecule has 0 spiro atoms. The molecule has 24 heavy (non-hydrogen) atoms. The van der Waals surface area contributed by atoms with Crippen LogP contribution in [0.3, 0.4) is 0 Å². The Morgan fingerprint density at radius 1 is 1.17 bits per heavy atom. The van der Waals surface area contributed by atoms with Crippen molar-refractivity contribution >= 4 is 11.7 Å². The monoisotopic (exact) mass is 327 g/mol. The van der Waals surface area contributed by atoms with E-state index in [9.17, 15) is 9.90 Å². The van der Waals surface area contributed by atoms with E-state index in [0.717, 1.165) is 42.1 Å². The van der Waals surface area contributed by atoms with Gasteiger partial charge in [-0.05, 0) is 42.7 Å². The molecule has 2 rings (SSSR count). The van der Waals surface area contributed by atoms with Crippen molar-refractivity contribution in [2.75, 3.05) is 18.5 Å². The molecule has 0 aromatic heterocycles. The number of carboxylic acids is 1. The number of aryl methyl sites for hydroxylation is 1. The van der Waals surface area contributed by atoms with E-state index in [-0.39, 0.29) is 0 Å². The molecule has 4 nitrogen and oxygen atoms in total. The van der Waals surface area contributed by atoms with Crippen LogP contribution in [-0.2, 0) is 6.42 Å². The Morgan fingerprint density at radius 3 is 2.46 bits per heavy atom. The molecule has 4 heteroatoms. The molecule has 2 aromatic rings. The van der Waals surface area contributed by atoms with E-state index in [0.29, 0.717) is 12.0 Å². The second-order valence-electron chi connectivity index (χ2n) is 5.83. The molecule has 0 unspecified atom stereocenters. The Morgan fingerprint density at radius 2 is 1.88 bits per heavy atom. The van der Waals surface area contributed by atoms with Crippen molar-refractivity contribution in [2.24, 2.45) is 0 Å². The summed E-state index contributed by atoms with van der Waals surface area (Å²) in [4.78, 5) is 13.5. The van der Waals surface area contributed by atoms with Gasteiger partial charge in [0.2, 0.25) is 0 Å². The number of carboxylic acid groups (broad SMARTS) is 1. The van der Waals surface area contributed by atoms with E-state index < -0.39 is 5.97 Å². The molecule has 0 heterocycles. The van der Waals surface area contributed by atoms with Gasteiger partial charge in [-0.1, -0.05) is 38.5 Å². The molecule has 0 saturated heterocycles. The lowest BCUT2D eigenvalue weighted by molar-refractivity contribution is 0.0697. The summed E-state index contributed by atoms with van der Waals surface area (Å²) in [5, 5.41) is 9.41. The molecule has 1 N–H and O–H groups in total. The number of rotatable bonds is 8. The molecule has 0 radical (unpaired) electrons. The molecular weight excluding hydrogens is 302 g/mol. The number of benzene rings is 2. The Bertz CT molecular complexity index is 683. The van der Waals surface area contributed by atoms with Gasteiger partial charge in [-0.25, -0.2) is 4.79 Å². The van der Waals surface area contributed by atoms with Crippen molar-refractivity contribution in [1.29, 1.82) is 0 Å². The van der Waals surface area contributed by atoms with Crippen LogP contribution in [0, 0.1) is 0 Å². The molecule has 0 aliphatic heterocycles. The van der Waals surface area contributed by atoms with Crippen LogP contribution in [0.2, 0.25) is 0 Å². The quantitative estimate of drug-likeness (QED) is 0.743. The minimum Gasteiger partial charge on any atom is -0.478 e. The molecule has 0 amide bonds. The van der Waals surface area contributed by atoms with E-state index >= 15 is 0 Å². The lowest BCUT2D eigenvalue weighted by atomic mass is 10.0. The maximum absolute atomic E-state index is 11.5. The van der Waals surface area contributed by atoms with Gasteiger partial charge in [0.1, 0.15) is 5.75 Å². The molecule has 2 aromatic carbocycles. The fourth-order valence-corrected chi connectivity index (χ4v) is 2.58. The molecule has 0 atom stereocenters. The second kappa shape index (κ2) is 8.39. The smallest absolute Gasteiger partial charge is 0.335 e. The van der Waals surface area contributed by atoms with Gasteiger partial charge in [0.15, 0.2) is 5.75 Å². The van der Waals surface area contributed by atoms with Gasteiger partial charge >= 0.3 is 5.97 Å². The first-order valence-electron chi connectivity index (χ1n) is 8.41. The van der Waals surface area contributed by atoms with Crippen LogP contribution in [0.1, 0.15) is 42.6 Å². The van der Waals surface area contributed by atoms with E-state index in [1.54, 1.807) is 12.1 Å². The van der Waals surface area contributed by atoms with Crippen LogP contribution < -0.4 is 9.64 Å². The number of para-hydroxylation sites is 1. The summed E-state index contributed by atoms with van der Waals surface area (Å²) in [5.74, 6) is 0.578. The van der Waals surface area contributed by atoms with Gasteiger partial charge in [-0.2, -0.15) is 0 Å². The highest BCUT2D eigenvalue weighted by molar-refractivity contribution is 5.90. The first kappa shape index (κ1) is 17.9. The van der Waals surface area contributed by atoms with Gasteiger partial charge in [0, 0.05) is 13.6 Å². The van der Waals surface area contributed by atoms with Crippen LogP contribution >= 0.6 is 0 Å². The van der Waals surface area contributed by atoms with Gasteiger partial charge in [0.05, 0.1) is 11.3 Å². The fourth-order valence-electron chi connectivity index (χ4n) is 2.58. The van der Waals surface area contributed by atoms with Crippen molar-refractivity contribution < 1.29 is 14.6 Å². The number of unbranched alkanes of at least 4 members (excludes halogenated alkanes) is 1. The van der Waals surface area contributed by atoms with Crippen molar-refractivity contribution in [1.82, 2.24) is 0 Å². The molecule has 0 bridgehead atoms. The van der Waals surface area contributed by atoms with E-state index in [1.165, 1.54) is 0 Å². The fraction of sp³-hybridized carbons (Fsp3) is 0.350. The lowest BCUT2D eigenvalue weighted by Gasteiger charge is -2.24. The first-order chi connectivity index (χ1) is 11.6. The summed E-state index contributed by atoms with van der Waals surface area (Å²) in [5.41, 5.74) is 2.02. The van der Waals surface area contributed by atoms with Crippen LogP contribution in [0.5, 0.6) is 11.5 Å². The van der Waals surface area contributed by atoms with E-state index in [2.05, 4.69) is 11.8 Å². The highest BCUT2D eigenvalue weighted by atomic mass is 16.5. The third-order valence-electron chi connectivity index (χ3n) is 4.00. The Hall–Kier alpha value is -2.49. The molecule has 0 fully saturated rings. The highest BCUT2D eigenvalue weighted by Crippen LogP contribution is 2.37. The lowest BCUT2D eigenvalue weighted by Crippen LogP contribution is -2.20. The van der Waals surface area contributed by atoms with Gasteiger partial charge in [-0.3, -0.25) is 0 Å². The minimum absolute atomic E-state index is 0.297. The Balaban J connectivity index is 2.49. The molecular formula is C20H25NO3. The highest BCUT2D eigenvalue weighted by Gasteiger charge is 2.18. The number of hydrogen-bond acceptors (Lipinski definition) is 3. The number of carbonyl (C=O) groups is 1. The SMILES string of the molecule is CCCCN(C)c1cc(C(=O)O)cc(CC)c1Oc1ccccc1. The standard InChI is InChI=1S/C20H25NO3/c1-4-6-12-21(3)18-14-16(20(22)23)13-15(5-2)19(18)24-17-10-8-7-9-11-17/h7-11,13-14H,4-6,12H2,1-3H3,(H,22,23). The normalized spacial score (nSPS) is 10.5. The summed E-state index contributed by atoms with van der Waals surface area (Å²) in [6.45, 7) is 5.00. The summed E-state index contributed by atoms with van der Waals surface area (Å²) in [6.07, 6.45) is 2.83. The van der Waals surface area contributed by atoms with Gasteiger partial charge < -0.3 is 14.7 Å². The molecule has 0 aliphatic rings. The van der Waals surface area contributed by atoms with E-state index in [1.807, 2.05) is 44.3 Å². The Kier molecular flexibility index (Phi) is 6.24. The first-order valence-corrected chi connectivity index (χ1v) is 8.41. The second-order valence-corrected chi connectivity index (χ2v) is 5.83. The molecule has 128 valence electrons. The zero-order valence-electron chi connectivity index (χ0n) is 14.6. The number of nitrogens with zero attached hydrogens (tertiary/aromatic N) is 1. The zero-order valence-corrected chi connectivity index (χ0v) is 14.6. The third kappa shape index (κ3) is 4.28. The van der Waals surface area contributed by atoms with Crippen LogP contribution in [0.25, 0.3) is 0 Å². The average molecular weight is 327 g/mol. The number of anilines is 1. The summed E-state index contributed by atoms with van der Waals surface area (Å²) in [7, 11) is 1.98. The van der Waals surface area contributed by atoms with Gasteiger partial charge in [-0.15, -0.1) is 0 Å². The largest absolute Gasteiger partial charge is 0.478 e. The number of hydrogen-bond donors (Lipinski definition) is 1. The zero-order chi connectivity index (χ0) is 17.5. The van der Waals surface area contributed by atoms with Crippen LogP contribution in [-0.4, -0.2) is 24.7 Å². The summed E-state index contributed by atoms with van der Waals surface area (Å²) >= 11 is 0. The average Bonchev–Trinajstić information content (AvgIpc) is 2.60. The van der Waals surface area contributed by atoms with Crippen molar-refractivity contribution in [2.45, 2.75) is 33.1 Å². The van der Waals surface area contributed by atoms with Crippen molar-refractivity contribution in [3.05, 3.63) is 53.6 Å². The van der Waals surface area contributed by atoms with Crippen LogP contribution in [0.4, 0.5) is 5.69 Å². The maximum atomic E-state index is 11.5. The summed E-state index contributed by atoms with van der Waals surface area (Å²) in [6, 6.07) is 13.0. The number of aromatic carboxylic acids is 1. The number of ether oxygens (including phenoxy) is 1. The molecule has 0 aliphatic carbocycles. The molecule has 0 saturated carbocycles. The topological polar surface area (TPSA) is 49.8 Å². The summed E-state index contributed by atoms with van der Waals surface area (Å²) < 4.78 is 6.13. The van der Waals surface area contributed by atoms with Gasteiger partial charge in [0.25, 0.3) is 0 Å². The minimum atomic E-state index is -0.916. The maximum Gasteiger partial charge on any atom is 0.335 e. The van der Waals surface area contributed by atoms with Crippen LogP contribution in [0.15, 0.2) is 42.5 Å².